The molecular weight excluding hydrogens is 368 g/mol. The van der Waals surface area contributed by atoms with E-state index < -0.39 is 0 Å². The maximum Gasteiger partial charge on any atom is 0.180 e. The molecular formula is C23H20N2O2S. The predicted octanol–water partition coefficient (Wildman–Crippen LogP) is 5.55. The van der Waals surface area contributed by atoms with E-state index in [0.717, 1.165) is 33.9 Å². The van der Waals surface area contributed by atoms with Gasteiger partial charge < -0.3 is 15.2 Å². The van der Waals surface area contributed by atoms with Crippen molar-refractivity contribution in [1.29, 1.82) is 0 Å². The molecule has 0 unspecified atom stereocenters. The van der Waals surface area contributed by atoms with E-state index >= 15 is 0 Å². The monoisotopic (exact) mass is 388 g/mol. The van der Waals surface area contributed by atoms with Crippen LogP contribution in [0, 0.1) is 0 Å². The van der Waals surface area contributed by atoms with E-state index in [9.17, 15) is 0 Å². The average Bonchev–Trinajstić information content (AvgIpc) is 3.19. The lowest BCUT2D eigenvalue weighted by atomic mass is 10.1. The molecule has 4 rings (SSSR count). The predicted molar refractivity (Wildman–Crippen MR) is 114 cm³/mol. The number of benzene rings is 3. The van der Waals surface area contributed by atoms with Crippen molar-refractivity contribution in [2.75, 3.05) is 5.73 Å². The first-order valence-electron chi connectivity index (χ1n) is 8.96. The van der Waals surface area contributed by atoms with Gasteiger partial charge in [-0.25, -0.2) is 4.98 Å². The molecule has 3 aromatic carbocycles. The number of anilines is 1. The summed E-state index contributed by atoms with van der Waals surface area (Å²) in [5, 5.41) is 2.48. The fourth-order valence-electron chi connectivity index (χ4n) is 2.79. The third kappa shape index (κ3) is 4.69. The molecule has 140 valence electrons. The second-order valence-electron chi connectivity index (χ2n) is 6.31. The Balaban J connectivity index is 1.57. The molecule has 0 bridgehead atoms. The first kappa shape index (κ1) is 18.1. The summed E-state index contributed by atoms with van der Waals surface area (Å²) >= 11 is 1.42. The van der Waals surface area contributed by atoms with E-state index in [-0.39, 0.29) is 0 Å². The van der Waals surface area contributed by atoms with Gasteiger partial charge in [-0.3, -0.25) is 0 Å². The van der Waals surface area contributed by atoms with Crippen LogP contribution in [-0.2, 0) is 13.2 Å². The molecule has 0 aliphatic rings. The van der Waals surface area contributed by atoms with Crippen molar-refractivity contribution in [2.45, 2.75) is 13.2 Å². The largest absolute Gasteiger partial charge is 0.489 e. The number of rotatable bonds is 7. The molecule has 0 spiro atoms. The summed E-state index contributed by atoms with van der Waals surface area (Å²) in [6, 6.07) is 26.0. The van der Waals surface area contributed by atoms with Crippen LogP contribution in [0.25, 0.3) is 11.3 Å². The minimum absolute atomic E-state index is 0.488. The van der Waals surface area contributed by atoms with Gasteiger partial charge in [0.15, 0.2) is 5.13 Å². The Bertz CT molecular complexity index is 971. The quantitative estimate of drug-likeness (QED) is 0.451. The number of nitrogen functional groups attached to an aromatic ring is 1. The minimum atomic E-state index is 0.488. The summed E-state index contributed by atoms with van der Waals surface area (Å²) in [6.45, 7) is 0.975. The Morgan fingerprint density at radius 2 is 1.29 bits per heavy atom. The van der Waals surface area contributed by atoms with Crippen LogP contribution >= 0.6 is 11.3 Å². The average molecular weight is 388 g/mol. The molecule has 0 aliphatic carbocycles. The highest BCUT2D eigenvalue weighted by atomic mass is 32.1. The van der Waals surface area contributed by atoms with Crippen molar-refractivity contribution in [3.63, 3.8) is 0 Å². The van der Waals surface area contributed by atoms with E-state index in [4.69, 9.17) is 15.2 Å². The van der Waals surface area contributed by atoms with Gasteiger partial charge in [0, 0.05) is 17.0 Å². The van der Waals surface area contributed by atoms with Gasteiger partial charge in [-0.2, -0.15) is 0 Å². The zero-order valence-electron chi connectivity index (χ0n) is 15.2. The number of hydrogen-bond donors (Lipinski definition) is 1. The third-order valence-corrected chi connectivity index (χ3v) is 4.87. The number of ether oxygens (including phenoxy) is 2. The van der Waals surface area contributed by atoms with E-state index in [1.54, 1.807) is 0 Å². The highest BCUT2D eigenvalue weighted by Crippen LogP contribution is 2.32. The lowest BCUT2D eigenvalue weighted by Gasteiger charge is -2.12. The lowest BCUT2D eigenvalue weighted by molar-refractivity contribution is 0.290. The Kier molecular flexibility index (Phi) is 5.54. The molecule has 1 heterocycles. The van der Waals surface area contributed by atoms with Gasteiger partial charge in [-0.15, -0.1) is 11.3 Å². The van der Waals surface area contributed by atoms with Gasteiger partial charge in [0.25, 0.3) is 0 Å². The van der Waals surface area contributed by atoms with E-state index in [1.807, 2.05) is 84.2 Å². The molecule has 1 aromatic heterocycles. The van der Waals surface area contributed by atoms with Crippen molar-refractivity contribution in [2.24, 2.45) is 0 Å². The number of hydrogen-bond acceptors (Lipinski definition) is 5. The molecule has 0 aliphatic heterocycles. The number of aromatic nitrogens is 1. The van der Waals surface area contributed by atoms with Gasteiger partial charge >= 0.3 is 0 Å². The summed E-state index contributed by atoms with van der Waals surface area (Å²) in [6.07, 6.45) is 0. The molecule has 4 nitrogen and oxygen atoms in total. The van der Waals surface area contributed by atoms with Crippen LogP contribution in [0.3, 0.4) is 0 Å². The molecule has 5 heteroatoms. The van der Waals surface area contributed by atoms with Crippen molar-refractivity contribution in [3.8, 4) is 22.8 Å². The van der Waals surface area contributed by atoms with Crippen LogP contribution in [-0.4, -0.2) is 4.98 Å². The molecule has 4 aromatic rings. The molecule has 2 N–H and O–H groups in total. The van der Waals surface area contributed by atoms with Crippen LogP contribution in [0.4, 0.5) is 5.13 Å². The fraction of sp³-hybridized carbons (Fsp3) is 0.0870. The lowest BCUT2D eigenvalue weighted by Crippen LogP contribution is -1.98. The van der Waals surface area contributed by atoms with E-state index in [1.165, 1.54) is 11.3 Å². The SMILES string of the molecule is Nc1nc(-c2cc(OCc3ccccc3)cc(OCc3ccccc3)c2)cs1. The van der Waals surface area contributed by atoms with Crippen LogP contribution in [0.1, 0.15) is 11.1 Å². The highest BCUT2D eigenvalue weighted by Gasteiger charge is 2.09. The third-order valence-electron chi connectivity index (χ3n) is 4.19. The van der Waals surface area contributed by atoms with Crippen molar-refractivity contribution >= 4 is 16.5 Å². The Hall–Kier alpha value is -3.31. The van der Waals surface area contributed by atoms with E-state index in [0.29, 0.717) is 18.3 Å². The highest BCUT2D eigenvalue weighted by molar-refractivity contribution is 7.13. The van der Waals surface area contributed by atoms with Crippen LogP contribution < -0.4 is 15.2 Å². The maximum absolute atomic E-state index is 6.02. The first-order chi connectivity index (χ1) is 13.8. The summed E-state index contributed by atoms with van der Waals surface area (Å²) in [4.78, 5) is 4.38. The topological polar surface area (TPSA) is 57.4 Å². The van der Waals surface area contributed by atoms with Crippen molar-refractivity contribution < 1.29 is 9.47 Å². The van der Waals surface area contributed by atoms with Gasteiger partial charge in [-0.05, 0) is 23.3 Å². The van der Waals surface area contributed by atoms with Gasteiger partial charge in [0.2, 0.25) is 0 Å². The zero-order chi connectivity index (χ0) is 19.2. The molecule has 0 atom stereocenters. The minimum Gasteiger partial charge on any atom is -0.489 e. The molecule has 0 amide bonds. The Labute approximate surface area is 168 Å². The number of nitrogens with zero attached hydrogens (tertiary/aromatic N) is 1. The Morgan fingerprint density at radius 3 is 1.75 bits per heavy atom. The number of thiazole rings is 1. The zero-order valence-corrected chi connectivity index (χ0v) is 16.1. The first-order valence-corrected chi connectivity index (χ1v) is 9.84. The molecule has 0 fully saturated rings. The molecule has 28 heavy (non-hydrogen) atoms. The smallest absolute Gasteiger partial charge is 0.180 e. The summed E-state index contributed by atoms with van der Waals surface area (Å²) in [5.41, 5.74) is 9.76. The Morgan fingerprint density at radius 1 is 0.750 bits per heavy atom. The van der Waals surface area contributed by atoms with Gasteiger partial charge in [-0.1, -0.05) is 60.7 Å². The summed E-state index contributed by atoms with van der Waals surface area (Å²) < 4.78 is 12.0. The van der Waals surface area contributed by atoms with Gasteiger partial charge in [0.05, 0.1) is 5.69 Å². The summed E-state index contributed by atoms with van der Waals surface area (Å²) in [7, 11) is 0. The van der Waals surface area contributed by atoms with Crippen LogP contribution in [0.2, 0.25) is 0 Å². The second-order valence-corrected chi connectivity index (χ2v) is 7.20. The summed E-state index contributed by atoms with van der Waals surface area (Å²) in [5.74, 6) is 1.46. The number of nitrogens with two attached hydrogens (primary N) is 1. The molecule has 0 radical (unpaired) electrons. The van der Waals surface area contributed by atoms with Crippen LogP contribution in [0.15, 0.2) is 84.2 Å². The van der Waals surface area contributed by atoms with Crippen LogP contribution in [0.5, 0.6) is 11.5 Å². The van der Waals surface area contributed by atoms with Crippen molar-refractivity contribution in [1.82, 2.24) is 4.98 Å². The van der Waals surface area contributed by atoms with E-state index in [2.05, 4.69) is 4.98 Å². The maximum atomic E-state index is 6.02. The standard InChI is InChI=1S/C23H20N2O2S/c24-23-25-22(16-28-23)19-11-20(26-14-17-7-3-1-4-8-17)13-21(12-19)27-15-18-9-5-2-6-10-18/h1-13,16H,14-15H2,(H2,24,25). The normalized spacial score (nSPS) is 10.6. The van der Waals surface area contributed by atoms with Crippen molar-refractivity contribution in [3.05, 3.63) is 95.4 Å². The molecule has 0 saturated heterocycles. The molecule has 0 saturated carbocycles. The fourth-order valence-corrected chi connectivity index (χ4v) is 3.36. The second kappa shape index (κ2) is 8.59. The van der Waals surface area contributed by atoms with Gasteiger partial charge in [0.1, 0.15) is 24.7 Å².